The Hall–Kier alpha value is -1.88. The number of benzene rings is 1. The minimum absolute atomic E-state index is 0.176. The van der Waals surface area contributed by atoms with E-state index in [4.69, 9.17) is 9.47 Å². The predicted molar refractivity (Wildman–Crippen MR) is 93.5 cm³/mol. The Morgan fingerprint density at radius 2 is 2.04 bits per heavy atom. The second-order valence-corrected chi connectivity index (χ2v) is 6.76. The van der Waals surface area contributed by atoms with Crippen LogP contribution in [0.1, 0.15) is 34.1 Å². The van der Waals surface area contributed by atoms with Crippen LogP contribution in [0.2, 0.25) is 0 Å². The highest BCUT2D eigenvalue weighted by Crippen LogP contribution is 2.22. The van der Waals surface area contributed by atoms with Gasteiger partial charge in [-0.2, -0.15) is 0 Å². The number of hydrogen-bond acceptors (Lipinski definition) is 3. The average Bonchev–Trinajstić information content (AvgIpc) is 2.51. The molecular weight excluding hydrogens is 309 g/mol. The molecule has 5 heteroatoms. The fourth-order valence-corrected chi connectivity index (χ4v) is 1.94. The fraction of sp³-hybridized carbons (Fsp3) is 0.526. The van der Waals surface area contributed by atoms with Crippen LogP contribution in [0.3, 0.4) is 0 Å². The van der Waals surface area contributed by atoms with E-state index < -0.39 is 11.9 Å². The second-order valence-electron chi connectivity index (χ2n) is 6.76. The van der Waals surface area contributed by atoms with Crippen molar-refractivity contribution < 1.29 is 18.7 Å². The van der Waals surface area contributed by atoms with E-state index in [1.54, 1.807) is 31.2 Å². The minimum atomic E-state index is -0.566. The van der Waals surface area contributed by atoms with Crippen LogP contribution in [-0.2, 0) is 9.53 Å². The van der Waals surface area contributed by atoms with Gasteiger partial charge < -0.3 is 14.8 Å². The summed E-state index contributed by atoms with van der Waals surface area (Å²) in [5, 5.41) is 2.94. The number of ether oxygens (including phenoxy) is 2. The molecule has 0 aliphatic carbocycles. The van der Waals surface area contributed by atoms with Crippen LogP contribution < -0.4 is 10.1 Å². The third-order valence-electron chi connectivity index (χ3n) is 3.66. The van der Waals surface area contributed by atoms with Crippen LogP contribution in [0.4, 0.5) is 4.39 Å². The summed E-state index contributed by atoms with van der Waals surface area (Å²) in [4.78, 5) is 12.3. The number of halogens is 1. The first-order chi connectivity index (χ1) is 11.3. The van der Waals surface area contributed by atoms with Gasteiger partial charge in [-0.25, -0.2) is 4.39 Å². The lowest BCUT2D eigenvalue weighted by molar-refractivity contribution is -0.133. The van der Waals surface area contributed by atoms with E-state index in [0.717, 1.165) is 0 Å². The Kier molecular flexibility index (Phi) is 7.92. The monoisotopic (exact) mass is 337 g/mol. The summed E-state index contributed by atoms with van der Waals surface area (Å²) < 4.78 is 24.7. The normalized spacial score (nSPS) is 13.9. The first kappa shape index (κ1) is 20.2. The summed E-state index contributed by atoms with van der Waals surface area (Å²) in [5.41, 5.74) is -0.248. The van der Waals surface area contributed by atoms with Gasteiger partial charge in [-0.3, -0.25) is 4.79 Å². The smallest absolute Gasteiger partial charge is 0.249 e. The third kappa shape index (κ3) is 6.71. The maximum Gasteiger partial charge on any atom is 0.249 e. The van der Waals surface area contributed by atoms with Crippen LogP contribution in [0.15, 0.2) is 36.9 Å². The van der Waals surface area contributed by atoms with E-state index >= 15 is 0 Å². The molecule has 0 aromatic heterocycles. The molecule has 4 nitrogen and oxygen atoms in total. The van der Waals surface area contributed by atoms with Gasteiger partial charge in [0.05, 0.1) is 12.6 Å². The van der Waals surface area contributed by atoms with Crippen LogP contribution in [0.25, 0.3) is 0 Å². The van der Waals surface area contributed by atoms with Gasteiger partial charge in [-0.1, -0.05) is 39.0 Å². The summed E-state index contributed by atoms with van der Waals surface area (Å²) in [6, 6.07) is 5.94. The van der Waals surface area contributed by atoms with Gasteiger partial charge in [0, 0.05) is 0 Å². The first-order valence-electron chi connectivity index (χ1n) is 8.16. The quantitative estimate of drug-likeness (QED) is 0.552. The van der Waals surface area contributed by atoms with Crippen LogP contribution in [0, 0.1) is 11.2 Å². The molecule has 0 saturated carbocycles. The Bertz CT molecular complexity index is 540. The molecule has 1 aromatic carbocycles. The molecule has 0 saturated heterocycles. The van der Waals surface area contributed by atoms with Crippen molar-refractivity contribution in [1.29, 1.82) is 0 Å². The number of amides is 1. The summed E-state index contributed by atoms with van der Waals surface area (Å²) in [5.74, 6) is -0.454. The topological polar surface area (TPSA) is 47.6 Å². The molecule has 24 heavy (non-hydrogen) atoms. The van der Waals surface area contributed by atoms with Crippen molar-refractivity contribution in [2.45, 2.75) is 46.3 Å². The van der Waals surface area contributed by atoms with E-state index in [-0.39, 0.29) is 29.7 Å². The summed E-state index contributed by atoms with van der Waals surface area (Å²) in [6.07, 6.45) is 1.87. The number of hydrogen-bond donors (Lipinski definition) is 1. The van der Waals surface area contributed by atoms with Crippen molar-refractivity contribution in [3.63, 3.8) is 0 Å². The van der Waals surface area contributed by atoms with Gasteiger partial charge in [-0.05, 0) is 30.9 Å². The molecule has 2 atom stereocenters. The number of para-hydroxylation sites is 1. The van der Waals surface area contributed by atoms with E-state index in [1.807, 2.05) is 20.8 Å². The van der Waals surface area contributed by atoms with E-state index in [2.05, 4.69) is 11.9 Å². The van der Waals surface area contributed by atoms with Gasteiger partial charge in [0.15, 0.2) is 11.6 Å². The Labute approximate surface area is 144 Å². The number of carbonyl (C=O) groups excluding carboxylic acids is 1. The van der Waals surface area contributed by atoms with Crippen molar-refractivity contribution in [3.8, 4) is 5.75 Å². The highest BCUT2D eigenvalue weighted by atomic mass is 19.1. The highest BCUT2D eigenvalue weighted by molar-refractivity contribution is 5.80. The van der Waals surface area contributed by atoms with Crippen LogP contribution in [-0.4, -0.2) is 31.3 Å². The molecule has 0 aliphatic heterocycles. The average molecular weight is 337 g/mol. The molecular formula is C19H28FNO3. The lowest BCUT2D eigenvalue weighted by Gasteiger charge is -2.32. The lowest BCUT2D eigenvalue weighted by atomic mass is 9.87. The molecule has 1 amide bonds. The number of nitrogens with one attached hydrogen (secondary N) is 1. The molecule has 0 aliphatic rings. The van der Waals surface area contributed by atoms with Crippen molar-refractivity contribution in [2.75, 3.05) is 13.2 Å². The molecule has 0 heterocycles. The van der Waals surface area contributed by atoms with E-state index in [1.165, 1.54) is 6.07 Å². The van der Waals surface area contributed by atoms with Gasteiger partial charge >= 0.3 is 0 Å². The van der Waals surface area contributed by atoms with Crippen molar-refractivity contribution >= 4 is 5.91 Å². The zero-order valence-corrected chi connectivity index (χ0v) is 15.0. The molecule has 1 rings (SSSR count). The number of carbonyl (C=O) groups is 1. The second kappa shape index (κ2) is 9.42. The zero-order chi connectivity index (χ0) is 18.2. The van der Waals surface area contributed by atoms with Gasteiger partial charge in [0.2, 0.25) is 5.91 Å². The molecule has 1 N–H and O–H groups in total. The first-order valence-corrected chi connectivity index (χ1v) is 8.16. The SMILES string of the molecule is C=CCCOC(C)C(=O)NC(COc1ccccc1F)C(C)(C)C. The fourth-order valence-electron chi connectivity index (χ4n) is 1.94. The molecule has 0 spiro atoms. The molecule has 0 fully saturated rings. The van der Waals surface area contributed by atoms with Crippen LogP contribution >= 0.6 is 0 Å². The maximum atomic E-state index is 13.7. The zero-order valence-electron chi connectivity index (χ0n) is 15.0. The standard InChI is InChI=1S/C19H28FNO3/c1-6-7-12-23-14(2)18(22)21-17(19(3,4)5)13-24-16-11-9-8-10-15(16)20/h6,8-11,14,17H,1,7,12-13H2,2-5H3,(H,21,22). The van der Waals surface area contributed by atoms with Crippen molar-refractivity contribution in [2.24, 2.45) is 5.41 Å². The summed E-state index contributed by atoms with van der Waals surface area (Å²) in [6.45, 7) is 11.9. The minimum Gasteiger partial charge on any atom is -0.488 e. The Morgan fingerprint density at radius 3 is 2.62 bits per heavy atom. The van der Waals surface area contributed by atoms with E-state index in [0.29, 0.717) is 13.0 Å². The molecule has 1 aromatic rings. The van der Waals surface area contributed by atoms with Gasteiger partial charge in [0.25, 0.3) is 0 Å². The largest absolute Gasteiger partial charge is 0.488 e. The molecule has 134 valence electrons. The Balaban J connectivity index is 2.64. The molecule has 0 radical (unpaired) electrons. The summed E-state index contributed by atoms with van der Waals surface area (Å²) >= 11 is 0. The summed E-state index contributed by atoms with van der Waals surface area (Å²) in [7, 11) is 0. The van der Waals surface area contributed by atoms with Gasteiger partial charge in [0.1, 0.15) is 12.7 Å². The van der Waals surface area contributed by atoms with E-state index in [9.17, 15) is 9.18 Å². The lowest BCUT2D eigenvalue weighted by Crippen LogP contribution is -2.50. The van der Waals surface area contributed by atoms with Crippen molar-refractivity contribution in [3.05, 3.63) is 42.7 Å². The molecule has 2 unspecified atom stereocenters. The molecule has 0 bridgehead atoms. The van der Waals surface area contributed by atoms with Crippen LogP contribution in [0.5, 0.6) is 5.75 Å². The third-order valence-corrected chi connectivity index (χ3v) is 3.66. The number of rotatable bonds is 9. The maximum absolute atomic E-state index is 13.7. The van der Waals surface area contributed by atoms with Gasteiger partial charge in [-0.15, -0.1) is 6.58 Å². The highest BCUT2D eigenvalue weighted by Gasteiger charge is 2.29. The predicted octanol–water partition coefficient (Wildman–Crippen LogP) is 3.72. The Morgan fingerprint density at radius 1 is 1.38 bits per heavy atom. The van der Waals surface area contributed by atoms with Crippen molar-refractivity contribution in [1.82, 2.24) is 5.32 Å².